The fraction of sp³-hybridized carbons (Fsp3) is 0.412. The monoisotopic (exact) mass is 500 g/mol. The van der Waals surface area contributed by atoms with Crippen LogP contribution in [0.4, 0.5) is 10.5 Å². The standard InChI is InChI=1S/C17H21BrN6O7/c18-14-12(1-2-13-15(14)20-4-3-19-13)22-16-21-5-6-23(16)11-30-17(25)29-9-7-28-8-10-31-24(26)27/h1-4,26-27H,5-11H2,(H,21,22). The first-order valence-electron chi connectivity index (χ1n) is 9.18. The molecular formula is C17H21BrN6O7. The molecule has 1 aromatic heterocycles. The van der Waals surface area contributed by atoms with Crippen LogP contribution >= 0.6 is 15.9 Å². The van der Waals surface area contributed by atoms with E-state index in [1.807, 2.05) is 12.1 Å². The van der Waals surface area contributed by atoms with Crippen molar-refractivity contribution in [3.05, 3.63) is 29.0 Å². The van der Waals surface area contributed by atoms with Crippen molar-refractivity contribution in [3.8, 4) is 0 Å². The maximum atomic E-state index is 11.7. The van der Waals surface area contributed by atoms with Gasteiger partial charge in [0.25, 0.3) is 0 Å². The first-order valence-corrected chi connectivity index (χ1v) is 9.97. The van der Waals surface area contributed by atoms with Gasteiger partial charge in [0.05, 0.1) is 47.4 Å². The van der Waals surface area contributed by atoms with E-state index in [4.69, 9.17) is 24.6 Å². The Morgan fingerprint density at radius 3 is 2.81 bits per heavy atom. The average molecular weight is 501 g/mol. The number of guanidine groups is 1. The number of fused-ring (bicyclic) bond motifs is 1. The van der Waals surface area contributed by atoms with Crippen LogP contribution in [0.15, 0.2) is 34.0 Å². The van der Waals surface area contributed by atoms with Gasteiger partial charge in [0, 0.05) is 18.9 Å². The average Bonchev–Trinajstić information content (AvgIpc) is 3.20. The number of carbonyl (C=O) groups is 1. The van der Waals surface area contributed by atoms with Gasteiger partial charge < -0.3 is 24.4 Å². The zero-order valence-corrected chi connectivity index (χ0v) is 17.9. The molecule has 14 heteroatoms. The summed E-state index contributed by atoms with van der Waals surface area (Å²) in [5, 5.41) is 19.5. The van der Waals surface area contributed by atoms with Crippen molar-refractivity contribution in [1.29, 1.82) is 0 Å². The molecule has 0 bridgehead atoms. The van der Waals surface area contributed by atoms with E-state index in [-0.39, 0.29) is 33.2 Å². The Morgan fingerprint density at radius 1 is 1.16 bits per heavy atom. The van der Waals surface area contributed by atoms with Crippen LogP contribution in [0, 0.1) is 0 Å². The predicted molar refractivity (Wildman–Crippen MR) is 109 cm³/mol. The summed E-state index contributed by atoms with van der Waals surface area (Å²) in [5.74, 6) is 0.557. The maximum Gasteiger partial charge on any atom is 0.510 e. The van der Waals surface area contributed by atoms with Gasteiger partial charge >= 0.3 is 6.16 Å². The molecule has 0 radical (unpaired) electrons. The third-order valence-electron chi connectivity index (χ3n) is 3.98. The molecule has 168 valence electrons. The first-order chi connectivity index (χ1) is 15.0. The molecule has 2 aromatic rings. The molecular weight excluding hydrogens is 480 g/mol. The summed E-state index contributed by atoms with van der Waals surface area (Å²) >= 11 is 3.54. The molecule has 31 heavy (non-hydrogen) atoms. The van der Waals surface area contributed by atoms with E-state index >= 15 is 0 Å². The van der Waals surface area contributed by atoms with Gasteiger partial charge in [-0.15, -0.1) is 0 Å². The van der Waals surface area contributed by atoms with Gasteiger partial charge in [-0.05, 0) is 28.1 Å². The Kier molecular flexibility index (Phi) is 8.69. The summed E-state index contributed by atoms with van der Waals surface area (Å²) in [5.41, 5.74) is 2.24. The molecule has 0 aliphatic carbocycles. The molecule has 13 nitrogen and oxygen atoms in total. The number of halogens is 1. The molecule has 0 fully saturated rings. The van der Waals surface area contributed by atoms with Crippen molar-refractivity contribution in [2.45, 2.75) is 0 Å². The van der Waals surface area contributed by atoms with Crippen molar-refractivity contribution in [2.75, 3.05) is 51.6 Å². The lowest BCUT2D eigenvalue weighted by Crippen LogP contribution is -2.36. The van der Waals surface area contributed by atoms with Crippen LogP contribution in [0.1, 0.15) is 0 Å². The quantitative estimate of drug-likeness (QED) is 0.247. The molecule has 2 heterocycles. The second-order valence-corrected chi connectivity index (χ2v) is 6.81. The summed E-state index contributed by atoms with van der Waals surface area (Å²) in [4.78, 5) is 30.8. The normalized spacial score (nSPS) is 13.5. The van der Waals surface area contributed by atoms with Gasteiger partial charge in [0.1, 0.15) is 12.1 Å². The van der Waals surface area contributed by atoms with Crippen LogP contribution < -0.4 is 5.32 Å². The van der Waals surface area contributed by atoms with E-state index in [1.165, 1.54) is 0 Å². The summed E-state index contributed by atoms with van der Waals surface area (Å²) in [6, 6.07) is 3.71. The number of ether oxygens (including phenoxy) is 3. The molecule has 1 aliphatic rings. The van der Waals surface area contributed by atoms with Crippen LogP contribution in [0.25, 0.3) is 11.0 Å². The lowest BCUT2D eigenvalue weighted by molar-refractivity contribution is -0.493. The number of aliphatic imine (C=N–C) groups is 1. The minimum atomic E-state index is -0.842. The number of carbonyl (C=O) groups excluding carboxylic acids is 1. The van der Waals surface area contributed by atoms with E-state index in [2.05, 4.69) is 41.0 Å². The molecule has 1 aromatic carbocycles. The first kappa shape index (κ1) is 23.1. The summed E-state index contributed by atoms with van der Waals surface area (Å²) in [7, 11) is 0. The third kappa shape index (κ3) is 6.95. The minimum Gasteiger partial charge on any atom is -0.432 e. The van der Waals surface area contributed by atoms with Crippen LogP contribution in [0.5, 0.6) is 0 Å². The van der Waals surface area contributed by atoms with Crippen LogP contribution in [-0.4, -0.2) is 89.0 Å². The Morgan fingerprint density at radius 2 is 1.97 bits per heavy atom. The van der Waals surface area contributed by atoms with E-state index in [9.17, 15) is 4.79 Å². The van der Waals surface area contributed by atoms with Crippen LogP contribution in [-0.2, 0) is 19.0 Å². The predicted octanol–water partition coefficient (Wildman–Crippen LogP) is 1.62. The minimum absolute atomic E-state index is 0.0228. The number of rotatable bonds is 10. The summed E-state index contributed by atoms with van der Waals surface area (Å²) < 4.78 is 15.8. The molecule has 0 atom stereocenters. The van der Waals surface area contributed by atoms with E-state index in [0.717, 1.165) is 21.2 Å². The van der Waals surface area contributed by atoms with E-state index < -0.39 is 11.5 Å². The fourth-order valence-electron chi connectivity index (χ4n) is 2.58. The van der Waals surface area contributed by atoms with Crippen LogP contribution in [0.2, 0.25) is 0 Å². The largest absolute Gasteiger partial charge is 0.510 e. The van der Waals surface area contributed by atoms with Gasteiger partial charge in [-0.1, -0.05) is 0 Å². The van der Waals surface area contributed by atoms with Gasteiger partial charge in [0.2, 0.25) is 5.96 Å². The number of anilines is 1. The topological polar surface area (TPSA) is 151 Å². The molecule has 3 rings (SSSR count). The molecule has 0 saturated heterocycles. The Hall–Kier alpha value is -2.62. The Labute approximate surface area is 185 Å². The van der Waals surface area contributed by atoms with Gasteiger partial charge in [0.15, 0.2) is 6.73 Å². The van der Waals surface area contributed by atoms with Crippen molar-refractivity contribution in [2.24, 2.45) is 4.99 Å². The van der Waals surface area contributed by atoms with Crippen molar-refractivity contribution in [1.82, 2.24) is 20.3 Å². The number of nitrogens with zero attached hydrogens (tertiary/aromatic N) is 5. The van der Waals surface area contributed by atoms with Gasteiger partial charge in [-0.3, -0.25) is 25.4 Å². The summed E-state index contributed by atoms with van der Waals surface area (Å²) in [6.07, 6.45) is 2.40. The van der Waals surface area contributed by atoms with Crippen molar-refractivity contribution < 1.29 is 34.3 Å². The molecule has 3 N–H and O–H groups in total. The fourth-order valence-corrected chi connectivity index (χ4v) is 3.12. The molecule has 0 saturated carbocycles. The third-order valence-corrected chi connectivity index (χ3v) is 4.78. The van der Waals surface area contributed by atoms with E-state index in [1.54, 1.807) is 17.3 Å². The second kappa shape index (κ2) is 11.7. The highest BCUT2D eigenvalue weighted by atomic mass is 79.9. The maximum absolute atomic E-state index is 11.7. The number of hydrogen-bond acceptors (Lipinski definition) is 13. The van der Waals surface area contributed by atoms with Gasteiger partial charge in [-0.2, -0.15) is 0 Å². The highest BCUT2D eigenvalue weighted by Crippen LogP contribution is 2.29. The smallest absolute Gasteiger partial charge is 0.432 e. The lowest BCUT2D eigenvalue weighted by Gasteiger charge is -2.21. The number of aromatic nitrogens is 2. The molecule has 0 amide bonds. The molecule has 0 spiro atoms. The van der Waals surface area contributed by atoms with Gasteiger partial charge in [-0.25, -0.2) is 9.63 Å². The second-order valence-electron chi connectivity index (χ2n) is 6.02. The highest BCUT2D eigenvalue weighted by Gasteiger charge is 2.20. The van der Waals surface area contributed by atoms with Crippen molar-refractivity contribution >= 4 is 44.8 Å². The van der Waals surface area contributed by atoms with Crippen LogP contribution in [0.3, 0.4) is 0 Å². The summed E-state index contributed by atoms with van der Waals surface area (Å²) in [6.45, 7) is 1.20. The highest BCUT2D eigenvalue weighted by molar-refractivity contribution is 9.10. The number of hydrogen-bond donors (Lipinski definition) is 3. The Balaban J connectivity index is 1.40. The molecule has 0 unspecified atom stereocenters. The SMILES string of the molecule is O=C(OCCOCCON(O)O)OCN1CCN=C1Nc1ccc2nccnc2c1Br. The zero-order chi connectivity index (χ0) is 22.1. The number of benzene rings is 1. The molecule has 1 aliphatic heterocycles. The number of nitrogens with one attached hydrogen (secondary N) is 1. The van der Waals surface area contributed by atoms with Crippen molar-refractivity contribution in [3.63, 3.8) is 0 Å². The Bertz CT molecular complexity index is 916. The van der Waals surface area contributed by atoms with E-state index in [0.29, 0.717) is 19.0 Å². The lowest BCUT2D eigenvalue weighted by atomic mass is 10.2. The zero-order valence-electron chi connectivity index (χ0n) is 16.3.